The van der Waals surface area contributed by atoms with Crippen molar-refractivity contribution < 1.29 is 19.1 Å². The lowest BCUT2D eigenvalue weighted by Gasteiger charge is -2.13. The largest absolute Gasteiger partial charge is 0.462 e. The molecule has 128 valence electrons. The number of unbranched alkanes of at least 4 members (excludes halogenated alkanes) is 1. The minimum Gasteiger partial charge on any atom is -0.462 e. The number of imide groups is 1. The minimum absolute atomic E-state index is 0.190. The van der Waals surface area contributed by atoms with Crippen LogP contribution in [0.25, 0.3) is 0 Å². The number of anilines is 1. The molecule has 0 unspecified atom stereocenters. The van der Waals surface area contributed by atoms with Crippen molar-refractivity contribution in [1.29, 1.82) is 0 Å². The highest BCUT2D eigenvalue weighted by Crippen LogP contribution is 2.30. The second kappa shape index (κ2) is 7.07. The number of halogens is 1. The average Bonchev–Trinajstić information content (AvgIpc) is 2.85. The molecule has 1 aliphatic heterocycles. The molecule has 1 aliphatic rings. The quantitative estimate of drug-likeness (QED) is 0.459. The van der Waals surface area contributed by atoms with Crippen LogP contribution in [0.5, 0.6) is 0 Å². The zero-order chi connectivity index (χ0) is 18.0. The second-order valence-corrected chi connectivity index (χ2v) is 6.11. The molecule has 6 heteroatoms. The van der Waals surface area contributed by atoms with Gasteiger partial charge in [0.25, 0.3) is 11.8 Å². The Bertz CT molecular complexity index is 862. The van der Waals surface area contributed by atoms with Crippen molar-refractivity contribution in [3.8, 4) is 0 Å². The molecule has 25 heavy (non-hydrogen) atoms. The fraction of sp³-hybridized carbons (Fsp3) is 0.211. The smallest absolute Gasteiger partial charge is 0.338 e. The standard InChI is InChI=1S/C19H16ClNO4/c1-2-3-9-25-19(24)12-7-8-15-16(10-12)18(23)21(17(15)22)14-6-4-5-13(20)11-14/h4-8,10-11H,2-3,9H2,1H3. The van der Waals surface area contributed by atoms with Gasteiger partial charge >= 0.3 is 5.97 Å². The first kappa shape index (κ1) is 17.2. The Balaban J connectivity index is 1.89. The summed E-state index contributed by atoms with van der Waals surface area (Å²) in [7, 11) is 0. The third kappa shape index (κ3) is 3.28. The van der Waals surface area contributed by atoms with Gasteiger partial charge in [0.1, 0.15) is 0 Å². The predicted octanol–water partition coefficient (Wildman–Crippen LogP) is 4.10. The average molecular weight is 358 g/mol. The lowest BCUT2D eigenvalue weighted by molar-refractivity contribution is 0.0499. The number of esters is 1. The van der Waals surface area contributed by atoms with Gasteiger partial charge in [-0.25, -0.2) is 9.69 Å². The molecule has 0 aromatic heterocycles. The van der Waals surface area contributed by atoms with E-state index in [0.29, 0.717) is 17.3 Å². The monoisotopic (exact) mass is 357 g/mol. The number of hydrogen-bond acceptors (Lipinski definition) is 4. The number of hydrogen-bond donors (Lipinski definition) is 0. The topological polar surface area (TPSA) is 63.7 Å². The van der Waals surface area contributed by atoms with Gasteiger partial charge < -0.3 is 4.74 Å². The van der Waals surface area contributed by atoms with Crippen LogP contribution in [0, 0.1) is 0 Å². The molecule has 0 bridgehead atoms. The van der Waals surface area contributed by atoms with Crippen molar-refractivity contribution in [2.75, 3.05) is 11.5 Å². The lowest BCUT2D eigenvalue weighted by Crippen LogP contribution is -2.29. The summed E-state index contributed by atoms with van der Waals surface area (Å²) in [5, 5.41) is 0.425. The van der Waals surface area contributed by atoms with Crippen LogP contribution in [-0.4, -0.2) is 24.4 Å². The van der Waals surface area contributed by atoms with Gasteiger partial charge in [-0.1, -0.05) is 31.0 Å². The molecule has 0 saturated heterocycles. The highest BCUT2D eigenvalue weighted by molar-refractivity contribution is 6.35. The van der Waals surface area contributed by atoms with Crippen LogP contribution in [0.2, 0.25) is 5.02 Å². The zero-order valence-corrected chi connectivity index (χ0v) is 14.4. The first-order chi connectivity index (χ1) is 12.0. The van der Waals surface area contributed by atoms with Crippen LogP contribution in [0.15, 0.2) is 42.5 Å². The molecule has 2 aromatic carbocycles. The number of amides is 2. The minimum atomic E-state index is -0.502. The first-order valence-corrected chi connectivity index (χ1v) is 8.36. The summed E-state index contributed by atoms with van der Waals surface area (Å²) in [6, 6.07) is 10.9. The van der Waals surface area contributed by atoms with Gasteiger partial charge in [-0.2, -0.15) is 0 Å². The van der Waals surface area contributed by atoms with Crippen molar-refractivity contribution >= 4 is 35.1 Å². The number of rotatable bonds is 5. The van der Waals surface area contributed by atoms with E-state index >= 15 is 0 Å². The number of fused-ring (bicyclic) bond motifs is 1. The molecule has 0 saturated carbocycles. The van der Waals surface area contributed by atoms with E-state index in [-0.39, 0.29) is 16.7 Å². The molecule has 0 atom stereocenters. The number of carbonyl (C=O) groups excluding carboxylic acids is 3. The van der Waals surface area contributed by atoms with Crippen LogP contribution in [0.4, 0.5) is 5.69 Å². The van der Waals surface area contributed by atoms with E-state index in [1.165, 1.54) is 18.2 Å². The molecule has 0 N–H and O–H groups in total. The number of nitrogens with zero attached hydrogens (tertiary/aromatic N) is 1. The third-order valence-corrected chi connectivity index (χ3v) is 4.15. The van der Waals surface area contributed by atoms with Crippen molar-refractivity contribution in [2.24, 2.45) is 0 Å². The fourth-order valence-corrected chi connectivity index (χ4v) is 2.79. The van der Waals surface area contributed by atoms with E-state index in [4.69, 9.17) is 16.3 Å². The summed E-state index contributed by atoms with van der Waals surface area (Å²) in [4.78, 5) is 38.3. The van der Waals surface area contributed by atoms with E-state index in [2.05, 4.69) is 0 Å². The Kier molecular flexibility index (Phi) is 4.86. The van der Waals surface area contributed by atoms with Crippen molar-refractivity contribution in [3.63, 3.8) is 0 Å². The molecule has 0 radical (unpaired) electrons. The Labute approximate surface area is 150 Å². The lowest BCUT2D eigenvalue weighted by atomic mass is 10.1. The van der Waals surface area contributed by atoms with Crippen molar-refractivity contribution in [1.82, 2.24) is 0 Å². The maximum atomic E-state index is 12.7. The van der Waals surface area contributed by atoms with E-state index in [0.717, 1.165) is 17.7 Å². The van der Waals surface area contributed by atoms with Gasteiger partial charge in [0.2, 0.25) is 0 Å². The van der Waals surface area contributed by atoms with Crippen LogP contribution in [-0.2, 0) is 4.74 Å². The molecule has 1 heterocycles. The zero-order valence-electron chi connectivity index (χ0n) is 13.6. The van der Waals surface area contributed by atoms with E-state index in [9.17, 15) is 14.4 Å². The number of benzene rings is 2. The fourth-order valence-electron chi connectivity index (χ4n) is 2.61. The van der Waals surface area contributed by atoms with Crippen molar-refractivity contribution in [3.05, 3.63) is 64.2 Å². The summed E-state index contributed by atoms with van der Waals surface area (Å²) in [6.07, 6.45) is 1.69. The molecular weight excluding hydrogens is 342 g/mol. The normalized spacial score (nSPS) is 13.1. The molecule has 3 rings (SSSR count). The number of carbonyl (C=O) groups is 3. The summed E-state index contributed by atoms with van der Waals surface area (Å²) in [5.74, 6) is -1.42. The van der Waals surface area contributed by atoms with Gasteiger partial charge in [0, 0.05) is 5.02 Å². The van der Waals surface area contributed by atoms with Crippen LogP contribution in [0.1, 0.15) is 50.8 Å². The predicted molar refractivity (Wildman–Crippen MR) is 94.2 cm³/mol. The highest BCUT2D eigenvalue weighted by atomic mass is 35.5. The number of ether oxygens (including phenoxy) is 1. The maximum absolute atomic E-state index is 12.7. The molecule has 0 aliphatic carbocycles. The molecule has 0 fully saturated rings. The Morgan fingerprint density at radius 3 is 2.56 bits per heavy atom. The van der Waals surface area contributed by atoms with Gasteiger partial charge in [0.05, 0.1) is 29.0 Å². The van der Waals surface area contributed by atoms with E-state index in [1.807, 2.05) is 6.92 Å². The van der Waals surface area contributed by atoms with Crippen molar-refractivity contribution in [2.45, 2.75) is 19.8 Å². The summed E-state index contributed by atoms with van der Waals surface area (Å²) in [6.45, 7) is 2.33. The van der Waals surface area contributed by atoms with Crippen LogP contribution >= 0.6 is 11.6 Å². The van der Waals surface area contributed by atoms with Crippen LogP contribution in [0.3, 0.4) is 0 Å². The molecular formula is C19H16ClNO4. The SMILES string of the molecule is CCCCOC(=O)c1ccc2c(c1)C(=O)N(c1cccc(Cl)c1)C2=O. The van der Waals surface area contributed by atoms with Crippen LogP contribution < -0.4 is 4.90 Å². The summed E-state index contributed by atoms with van der Waals surface area (Å²) in [5.41, 5.74) is 1.10. The molecule has 2 aromatic rings. The maximum Gasteiger partial charge on any atom is 0.338 e. The molecule has 2 amide bonds. The van der Waals surface area contributed by atoms with E-state index < -0.39 is 17.8 Å². The highest BCUT2D eigenvalue weighted by Gasteiger charge is 2.37. The Morgan fingerprint density at radius 1 is 1.08 bits per heavy atom. The summed E-state index contributed by atoms with van der Waals surface area (Å²) < 4.78 is 5.15. The Hall–Kier alpha value is -2.66. The third-order valence-electron chi connectivity index (χ3n) is 3.92. The van der Waals surface area contributed by atoms with Gasteiger partial charge in [0.15, 0.2) is 0 Å². The van der Waals surface area contributed by atoms with Gasteiger partial charge in [-0.05, 0) is 42.8 Å². The molecule has 5 nitrogen and oxygen atoms in total. The summed E-state index contributed by atoms with van der Waals surface area (Å²) >= 11 is 5.95. The second-order valence-electron chi connectivity index (χ2n) is 5.68. The van der Waals surface area contributed by atoms with E-state index in [1.54, 1.807) is 24.3 Å². The van der Waals surface area contributed by atoms with Gasteiger partial charge in [-0.3, -0.25) is 9.59 Å². The first-order valence-electron chi connectivity index (χ1n) is 7.98. The Morgan fingerprint density at radius 2 is 1.84 bits per heavy atom. The van der Waals surface area contributed by atoms with Gasteiger partial charge in [-0.15, -0.1) is 0 Å². The molecule has 0 spiro atoms.